The first-order valence-electron chi connectivity index (χ1n) is 7.85. The minimum absolute atomic E-state index is 0.0495. The Morgan fingerprint density at radius 3 is 2.38 bits per heavy atom. The molecule has 1 aromatic heterocycles. The third-order valence-electron chi connectivity index (χ3n) is 4.34. The molecular weight excluding hydrogens is 326 g/mol. The molecule has 0 radical (unpaired) electrons. The van der Waals surface area contributed by atoms with Crippen LogP contribution in [0.2, 0.25) is 0 Å². The largest absolute Gasteiger partial charge is 0.350 e. The van der Waals surface area contributed by atoms with Crippen LogP contribution in [0.3, 0.4) is 0 Å². The minimum Gasteiger partial charge on any atom is -0.350 e. The van der Waals surface area contributed by atoms with E-state index in [0.717, 1.165) is 5.69 Å². The highest BCUT2D eigenvalue weighted by atomic mass is 32.2. The number of nitrogens with zero attached hydrogens (tertiary/aromatic N) is 1. The molecular formula is C17H21N3O3S. The molecule has 0 bridgehead atoms. The quantitative estimate of drug-likeness (QED) is 0.885. The van der Waals surface area contributed by atoms with Gasteiger partial charge in [0.15, 0.2) is 0 Å². The van der Waals surface area contributed by atoms with E-state index < -0.39 is 15.6 Å². The summed E-state index contributed by atoms with van der Waals surface area (Å²) in [5.41, 5.74) is 0.275. The lowest BCUT2D eigenvalue weighted by Gasteiger charge is -2.39. The summed E-state index contributed by atoms with van der Waals surface area (Å²) in [7, 11) is -3.64. The molecule has 1 amide bonds. The normalized spacial score (nSPS) is 20.6. The Morgan fingerprint density at radius 1 is 1.17 bits per heavy atom. The minimum atomic E-state index is -3.64. The molecule has 1 fully saturated rings. The Balaban J connectivity index is 1.79. The maximum atomic E-state index is 12.6. The van der Waals surface area contributed by atoms with Crippen LogP contribution < -0.4 is 10.0 Å². The maximum absolute atomic E-state index is 12.6. The van der Waals surface area contributed by atoms with Gasteiger partial charge in [0.2, 0.25) is 15.9 Å². The van der Waals surface area contributed by atoms with E-state index in [0.29, 0.717) is 12.8 Å². The molecule has 1 aromatic carbocycles. The van der Waals surface area contributed by atoms with Crippen molar-refractivity contribution in [1.82, 2.24) is 14.6 Å². The zero-order chi connectivity index (χ0) is 17.4. The van der Waals surface area contributed by atoms with Crippen molar-refractivity contribution in [3.05, 3.63) is 48.8 Å². The fraction of sp³-hybridized carbons (Fsp3) is 0.353. The van der Waals surface area contributed by atoms with Crippen molar-refractivity contribution in [2.45, 2.75) is 43.2 Å². The molecule has 0 aliphatic carbocycles. The lowest BCUT2D eigenvalue weighted by atomic mass is 9.88. The van der Waals surface area contributed by atoms with Crippen molar-refractivity contribution in [2.24, 2.45) is 0 Å². The van der Waals surface area contributed by atoms with Crippen molar-refractivity contribution in [2.75, 3.05) is 0 Å². The summed E-state index contributed by atoms with van der Waals surface area (Å²) < 4.78 is 29.9. The van der Waals surface area contributed by atoms with Crippen molar-refractivity contribution in [3.8, 4) is 5.69 Å². The second-order valence-corrected chi connectivity index (χ2v) is 8.28. The number of benzene rings is 1. The van der Waals surface area contributed by atoms with E-state index in [1.165, 1.54) is 0 Å². The molecule has 0 saturated carbocycles. The summed E-state index contributed by atoms with van der Waals surface area (Å²) in [6.45, 7) is 3.65. The number of hydrogen-bond acceptors (Lipinski definition) is 3. The summed E-state index contributed by atoms with van der Waals surface area (Å²) >= 11 is 0. The van der Waals surface area contributed by atoms with Gasteiger partial charge in [0.1, 0.15) is 0 Å². The maximum Gasteiger partial charge on any atom is 0.240 e. The number of amides is 1. The van der Waals surface area contributed by atoms with Gasteiger partial charge >= 0.3 is 0 Å². The molecule has 128 valence electrons. The van der Waals surface area contributed by atoms with Gasteiger partial charge < -0.3 is 9.88 Å². The summed E-state index contributed by atoms with van der Waals surface area (Å²) in [5.74, 6) is -0.0495. The van der Waals surface area contributed by atoms with E-state index >= 15 is 0 Å². The zero-order valence-corrected chi connectivity index (χ0v) is 14.5. The van der Waals surface area contributed by atoms with Crippen LogP contribution in [0, 0.1) is 0 Å². The smallest absolute Gasteiger partial charge is 0.240 e. The molecule has 2 heterocycles. The van der Waals surface area contributed by atoms with Crippen molar-refractivity contribution in [3.63, 3.8) is 0 Å². The lowest BCUT2D eigenvalue weighted by molar-refractivity contribution is -0.125. The summed E-state index contributed by atoms with van der Waals surface area (Å²) in [6, 6.07) is 10.2. The summed E-state index contributed by atoms with van der Waals surface area (Å²) in [5, 5.41) is 2.84. The lowest BCUT2D eigenvalue weighted by Crippen LogP contribution is -2.61. The third-order valence-corrected chi connectivity index (χ3v) is 5.83. The van der Waals surface area contributed by atoms with E-state index in [2.05, 4.69) is 10.0 Å². The highest BCUT2D eigenvalue weighted by Crippen LogP contribution is 2.22. The molecule has 1 atom stereocenters. The van der Waals surface area contributed by atoms with Gasteiger partial charge in [0.25, 0.3) is 0 Å². The van der Waals surface area contributed by atoms with Gasteiger partial charge in [-0.05, 0) is 56.7 Å². The van der Waals surface area contributed by atoms with Crippen LogP contribution in [0.4, 0.5) is 0 Å². The highest BCUT2D eigenvalue weighted by molar-refractivity contribution is 7.89. The van der Waals surface area contributed by atoms with Crippen LogP contribution in [0.1, 0.15) is 26.7 Å². The first kappa shape index (κ1) is 16.7. The van der Waals surface area contributed by atoms with Crippen LogP contribution in [0.5, 0.6) is 0 Å². The van der Waals surface area contributed by atoms with Crippen molar-refractivity contribution in [1.29, 1.82) is 0 Å². The number of piperidine rings is 1. The number of carbonyl (C=O) groups excluding carboxylic acids is 1. The molecule has 1 aliphatic rings. The second-order valence-electron chi connectivity index (χ2n) is 6.57. The zero-order valence-electron chi connectivity index (χ0n) is 13.7. The summed E-state index contributed by atoms with van der Waals surface area (Å²) in [6.07, 6.45) is 4.60. The van der Waals surface area contributed by atoms with Crippen LogP contribution in [-0.2, 0) is 14.8 Å². The average molecular weight is 347 g/mol. The number of hydrogen-bond donors (Lipinski definition) is 2. The fourth-order valence-corrected chi connectivity index (χ4v) is 4.33. The molecule has 1 saturated heterocycles. The number of rotatable bonds is 4. The second kappa shape index (κ2) is 6.07. The van der Waals surface area contributed by atoms with Gasteiger partial charge in [-0.2, -0.15) is 0 Å². The Bertz CT molecular complexity index is 824. The highest BCUT2D eigenvalue weighted by Gasteiger charge is 2.37. The standard InChI is InChI=1S/C17H21N3O3S/c1-17(2)15(9-10-16(21)18-17)19-24(22,23)14-7-5-13(6-8-14)20-11-3-4-12-20/h3-8,11-12,15,19H,9-10H2,1-2H3,(H,18,21). The van der Waals surface area contributed by atoms with Gasteiger partial charge in [0.05, 0.1) is 10.4 Å². The first-order chi connectivity index (χ1) is 11.3. The van der Waals surface area contributed by atoms with Gasteiger partial charge in [-0.3, -0.25) is 4.79 Å². The Hall–Kier alpha value is -2.12. The first-order valence-corrected chi connectivity index (χ1v) is 9.33. The summed E-state index contributed by atoms with van der Waals surface area (Å²) in [4.78, 5) is 11.7. The van der Waals surface area contributed by atoms with Crippen LogP contribution in [-0.4, -0.2) is 30.5 Å². The molecule has 3 rings (SSSR count). The fourth-order valence-electron chi connectivity index (χ4n) is 2.91. The predicted molar refractivity (Wildman–Crippen MR) is 91.3 cm³/mol. The van der Waals surface area contributed by atoms with Gasteiger partial charge in [0, 0.05) is 30.5 Å². The molecule has 1 aliphatic heterocycles. The topological polar surface area (TPSA) is 80.2 Å². The van der Waals surface area contributed by atoms with E-state index in [1.54, 1.807) is 24.3 Å². The van der Waals surface area contributed by atoms with Crippen LogP contribution >= 0.6 is 0 Å². The number of nitrogens with one attached hydrogen (secondary N) is 2. The van der Waals surface area contributed by atoms with Crippen molar-refractivity contribution >= 4 is 15.9 Å². The van der Waals surface area contributed by atoms with E-state index in [1.807, 2.05) is 42.9 Å². The predicted octanol–water partition coefficient (Wildman–Crippen LogP) is 1.81. The average Bonchev–Trinajstić information content (AvgIpc) is 3.04. The Morgan fingerprint density at radius 2 is 1.79 bits per heavy atom. The van der Waals surface area contributed by atoms with Gasteiger partial charge in [-0.15, -0.1) is 0 Å². The van der Waals surface area contributed by atoms with E-state index in [9.17, 15) is 13.2 Å². The molecule has 7 heteroatoms. The third kappa shape index (κ3) is 3.37. The van der Waals surface area contributed by atoms with E-state index in [-0.39, 0.29) is 16.8 Å². The SMILES string of the molecule is CC1(C)NC(=O)CCC1NS(=O)(=O)c1ccc(-n2cccc2)cc1. The van der Waals surface area contributed by atoms with E-state index in [4.69, 9.17) is 0 Å². The Kier molecular flexibility index (Phi) is 4.23. The molecule has 2 N–H and O–H groups in total. The van der Waals surface area contributed by atoms with Crippen molar-refractivity contribution < 1.29 is 13.2 Å². The van der Waals surface area contributed by atoms with Gasteiger partial charge in [-0.25, -0.2) is 13.1 Å². The molecule has 2 aromatic rings. The van der Waals surface area contributed by atoms with Crippen LogP contribution in [0.25, 0.3) is 5.69 Å². The van der Waals surface area contributed by atoms with Gasteiger partial charge in [-0.1, -0.05) is 0 Å². The molecule has 24 heavy (non-hydrogen) atoms. The van der Waals surface area contributed by atoms with Crippen LogP contribution in [0.15, 0.2) is 53.7 Å². The molecule has 6 nitrogen and oxygen atoms in total. The monoisotopic (exact) mass is 347 g/mol. The molecule has 1 unspecified atom stereocenters. The number of carbonyl (C=O) groups is 1. The number of sulfonamides is 1. The molecule has 0 spiro atoms. The Labute approximate surface area is 141 Å². The number of aromatic nitrogens is 1.